The van der Waals surface area contributed by atoms with Gasteiger partial charge in [-0.05, 0) is 24.6 Å². The summed E-state index contributed by atoms with van der Waals surface area (Å²) >= 11 is 0. The van der Waals surface area contributed by atoms with E-state index < -0.39 is 0 Å². The van der Waals surface area contributed by atoms with Crippen molar-refractivity contribution in [2.24, 2.45) is 0 Å². The summed E-state index contributed by atoms with van der Waals surface area (Å²) in [6, 6.07) is 10.3. The van der Waals surface area contributed by atoms with Gasteiger partial charge in [-0.15, -0.1) is 0 Å². The van der Waals surface area contributed by atoms with Crippen LogP contribution in [0.1, 0.15) is 12.5 Å². The third-order valence-corrected chi connectivity index (χ3v) is 2.16. The van der Waals surface area contributed by atoms with E-state index in [4.69, 9.17) is 4.74 Å². The van der Waals surface area contributed by atoms with Crippen molar-refractivity contribution in [3.8, 4) is 0 Å². The monoisotopic (exact) mass is 214 g/mol. The Bertz CT molecular complexity index is 360. The molecular weight excluding hydrogens is 196 g/mol. The molecule has 1 aromatic rings. The molecular formula is C15H18O. The van der Waals surface area contributed by atoms with Crippen molar-refractivity contribution in [1.29, 1.82) is 0 Å². The van der Waals surface area contributed by atoms with Crippen LogP contribution in [-0.2, 0) is 11.2 Å². The lowest BCUT2D eigenvalue weighted by molar-refractivity contribution is 0.228. The summed E-state index contributed by atoms with van der Waals surface area (Å²) in [6.07, 6.45) is 8.47. The van der Waals surface area contributed by atoms with Gasteiger partial charge in [0.2, 0.25) is 0 Å². The third-order valence-electron chi connectivity index (χ3n) is 2.16. The van der Waals surface area contributed by atoms with Crippen LogP contribution in [0.3, 0.4) is 0 Å². The van der Waals surface area contributed by atoms with Crippen molar-refractivity contribution in [1.82, 2.24) is 0 Å². The van der Waals surface area contributed by atoms with Crippen molar-refractivity contribution < 1.29 is 4.74 Å². The molecule has 0 saturated carbocycles. The molecule has 1 rings (SSSR count). The maximum atomic E-state index is 5.59. The van der Waals surface area contributed by atoms with Crippen LogP contribution in [0, 0.1) is 0 Å². The zero-order valence-electron chi connectivity index (χ0n) is 9.73. The van der Waals surface area contributed by atoms with Crippen molar-refractivity contribution in [2.45, 2.75) is 13.3 Å². The van der Waals surface area contributed by atoms with E-state index >= 15 is 0 Å². The van der Waals surface area contributed by atoms with E-state index in [1.165, 1.54) is 5.56 Å². The molecule has 1 nitrogen and oxygen atoms in total. The lowest BCUT2D eigenvalue weighted by Crippen LogP contribution is -1.97. The van der Waals surface area contributed by atoms with Gasteiger partial charge in [-0.3, -0.25) is 0 Å². The van der Waals surface area contributed by atoms with Crippen molar-refractivity contribution in [2.75, 3.05) is 6.61 Å². The lowest BCUT2D eigenvalue weighted by atomic mass is 10.2. The van der Waals surface area contributed by atoms with Gasteiger partial charge in [-0.2, -0.15) is 0 Å². The van der Waals surface area contributed by atoms with Crippen molar-refractivity contribution in [3.63, 3.8) is 0 Å². The van der Waals surface area contributed by atoms with E-state index in [0.717, 1.165) is 12.2 Å². The topological polar surface area (TPSA) is 9.23 Å². The van der Waals surface area contributed by atoms with Crippen LogP contribution in [0.5, 0.6) is 0 Å². The van der Waals surface area contributed by atoms with Crippen molar-refractivity contribution >= 4 is 0 Å². The Hall–Kier alpha value is -1.76. The normalized spacial score (nSPS) is 11.7. The molecule has 0 aliphatic heterocycles. The van der Waals surface area contributed by atoms with E-state index in [2.05, 4.69) is 18.7 Å². The van der Waals surface area contributed by atoms with Gasteiger partial charge >= 0.3 is 0 Å². The standard InChI is InChI=1S/C15H18O/c1-3-5-11-15(4-2)16-13-12-14-9-7-6-8-10-14/h3-11H,2,12-13H2,1H3/b5-3-,15-11+. The maximum absolute atomic E-state index is 5.59. The first-order chi connectivity index (χ1) is 7.86. The van der Waals surface area contributed by atoms with E-state index in [0.29, 0.717) is 6.61 Å². The second-order valence-corrected chi connectivity index (χ2v) is 3.38. The van der Waals surface area contributed by atoms with E-state index in [1.54, 1.807) is 6.08 Å². The van der Waals surface area contributed by atoms with Gasteiger partial charge < -0.3 is 4.74 Å². The largest absolute Gasteiger partial charge is 0.493 e. The van der Waals surface area contributed by atoms with Crippen LogP contribution >= 0.6 is 0 Å². The molecule has 0 spiro atoms. The highest BCUT2D eigenvalue weighted by Gasteiger charge is 1.93. The molecule has 0 unspecified atom stereocenters. The number of allylic oxidation sites excluding steroid dienone is 4. The highest BCUT2D eigenvalue weighted by atomic mass is 16.5. The highest BCUT2D eigenvalue weighted by Crippen LogP contribution is 2.04. The number of benzene rings is 1. The Labute approximate surface area is 97.8 Å². The minimum absolute atomic E-state index is 0.680. The summed E-state index contributed by atoms with van der Waals surface area (Å²) in [6.45, 7) is 6.37. The van der Waals surface area contributed by atoms with Gasteiger partial charge in [0.25, 0.3) is 0 Å². The van der Waals surface area contributed by atoms with Gasteiger partial charge in [0, 0.05) is 6.42 Å². The first-order valence-electron chi connectivity index (χ1n) is 5.49. The summed E-state index contributed by atoms with van der Waals surface area (Å²) < 4.78 is 5.59. The Kier molecular flexibility index (Phi) is 5.79. The minimum Gasteiger partial charge on any atom is -0.493 e. The predicted octanol–water partition coefficient (Wildman–Crippen LogP) is 3.89. The van der Waals surface area contributed by atoms with Crippen molar-refractivity contribution in [3.05, 3.63) is 72.5 Å². The molecule has 0 saturated heterocycles. The second-order valence-electron chi connectivity index (χ2n) is 3.38. The zero-order valence-corrected chi connectivity index (χ0v) is 9.73. The Morgan fingerprint density at radius 3 is 2.69 bits per heavy atom. The van der Waals surface area contributed by atoms with Crippen LogP contribution in [0.25, 0.3) is 0 Å². The maximum Gasteiger partial charge on any atom is 0.118 e. The SMILES string of the molecule is C=C/C(=C\C=C/C)OCCc1ccccc1. The summed E-state index contributed by atoms with van der Waals surface area (Å²) in [7, 11) is 0. The average Bonchev–Trinajstić information content (AvgIpc) is 2.35. The molecule has 16 heavy (non-hydrogen) atoms. The van der Waals surface area contributed by atoms with E-state index in [-0.39, 0.29) is 0 Å². The molecule has 0 aliphatic rings. The smallest absolute Gasteiger partial charge is 0.118 e. The van der Waals surface area contributed by atoms with E-state index in [9.17, 15) is 0 Å². The predicted molar refractivity (Wildman–Crippen MR) is 69.2 cm³/mol. The quantitative estimate of drug-likeness (QED) is 0.515. The first-order valence-corrected chi connectivity index (χ1v) is 5.49. The fourth-order valence-corrected chi connectivity index (χ4v) is 1.30. The van der Waals surface area contributed by atoms with Gasteiger partial charge in [0.05, 0.1) is 6.61 Å². The number of rotatable bonds is 6. The van der Waals surface area contributed by atoms with Crippen LogP contribution in [-0.4, -0.2) is 6.61 Å². The van der Waals surface area contributed by atoms with Crippen LogP contribution in [0.2, 0.25) is 0 Å². The molecule has 0 N–H and O–H groups in total. The molecule has 0 heterocycles. The molecule has 0 fully saturated rings. The van der Waals surface area contributed by atoms with Crippen LogP contribution < -0.4 is 0 Å². The zero-order chi connectivity index (χ0) is 11.6. The van der Waals surface area contributed by atoms with Gasteiger partial charge in [0.15, 0.2) is 0 Å². The minimum atomic E-state index is 0.680. The lowest BCUT2D eigenvalue weighted by Gasteiger charge is -2.06. The molecule has 0 atom stereocenters. The second kappa shape index (κ2) is 7.52. The van der Waals surface area contributed by atoms with Gasteiger partial charge in [-0.1, -0.05) is 49.1 Å². The first kappa shape index (κ1) is 12.3. The molecule has 0 amide bonds. The highest BCUT2D eigenvalue weighted by molar-refractivity contribution is 5.17. The molecule has 84 valence electrons. The summed E-state index contributed by atoms with van der Waals surface area (Å²) in [5, 5.41) is 0. The average molecular weight is 214 g/mol. The fourth-order valence-electron chi connectivity index (χ4n) is 1.30. The third kappa shape index (κ3) is 4.65. The number of hydrogen-bond donors (Lipinski definition) is 0. The molecule has 0 radical (unpaired) electrons. The number of ether oxygens (including phenoxy) is 1. The summed E-state index contributed by atoms with van der Waals surface area (Å²) in [5.41, 5.74) is 1.29. The van der Waals surface area contributed by atoms with Gasteiger partial charge in [0.1, 0.15) is 5.76 Å². The molecule has 1 aromatic carbocycles. The Balaban J connectivity index is 2.37. The van der Waals surface area contributed by atoms with Gasteiger partial charge in [-0.25, -0.2) is 0 Å². The molecule has 0 aromatic heterocycles. The van der Waals surface area contributed by atoms with Crippen LogP contribution in [0.4, 0.5) is 0 Å². The Morgan fingerprint density at radius 1 is 1.31 bits per heavy atom. The Morgan fingerprint density at radius 2 is 2.06 bits per heavy atom. The summed E-state index contributed by atoms with van der Waals surface area (Å²) in [4.78, 5) is 0. The van der Waals surface area contributed by atoms with Crippen LogP contribution in [0.15, 0.2) is 67.0 Å². The summed E-state index contributed by atoms with van der Waals surface area (Å²) in [5.74, 6) is 0.814. The molecule has 0 aliphatic carbocycles. The fraction of sp³-hybridized carbons (Fsp3) is 0.200. The van der Waals surface area contributed by atoms with E-state index in [1.807, 2.05) is 43.4 Å². The molecule has 1 heteroatoms. The molecule has 0 bridgehead atoms. The number of hydrogen-bond acceptors (Lipinski definition) is 1.